The number of nitrogens with two attached hydrogens (primary N) is 1. The highest BCUT2D eigenvalue weighted by Gasteiger charge is 2.23. The predicted octanol–water partition coefficient (Wildman–Crippen LogP) is 1.27. The Bertz CT molecular complexity index is 366. The van der Waals surface area contributed by atoms with E-state index < -0.39 is 0 Å². The molecule has 0 bridgehead atoms. The van der Waals surface area contributed by atoms with E-state index in [-0.39, 0.29) is 5.78 Å². The van der Waals surface area contributed by atoms with Crippen LogP contribution in [-0.4, -0.2) is 5.78 Å². The van der Waals surface area contributed by atoms with Gasteiger partial charge in [-0.3, -0.25) is 4.79 Å². The molecule has 1 aliphatic carbocycles. The summed E-state index contributed by atoms with van der Waals surface area (Å²) < 4.78 is 0. The van der Waals surface area contributed by atoms with Crippen LogP contribution in [0.5, 0.6) is 0 Å². The summed E-state index contributed by atoms with van der Waals surface area (Å²) in [6, 6.07) is 7.61. The lowest BCUT2D eigenvalue weighted by Crippen LogP contribution is -1.97. The van der Waals surface area contributed by atoms with Gasteiger partial charge in [-0.25, -0.2) is 0 Å². The Balaban J connectivity index is 2.56. The molecule has 1 aromatic rings. The first kappa shape index (κ1) is 7.10. The van der Waals surface area contributed by atoms with E-state index in [9.17, 15) is 4.79 Å². The summed E-state index contributed by atoms with van der Waals surface area (Å²) in [6.07, 6.45) is 2.09. The SMILES string of the molecule is N/C=C1/Cc2ccccc2C1=O. The normalized spacial score (nSPS) is 18.3. The lowest BCUT2D eigenvalue weighted by molar-refractivity contribution is 0.103. The number of hydrogen-bond acceptors (Lipinski definition) is 2. The zero-order valence-corrected chi connectivity index (χ0v) is 6.58. The molecule has 1 aromatic carbocycles. The lowest BCUT2D eigenvalue weighted by Gasteiger charge is -1.91. The van der Waals surface area contributed by atoms with Gasteiger partial charge >= 0.3 is 0 Å². The van der Waals surface area contributed by atoms with E-state index in [1.807, 2.05) is 24.3 Å². The van der Waals surface area contributed by atoms with Crippen molar-refractivity contribution in [1.29, 1.82) is 0 Å². The lowest BCUT2D eigenvalue weighted by atomic mass is 10.1. The van der Waals surface area contributed by atoms with Gasteiger partial charge in [0.2, 0.25) is 0 Å². The highest BCUT2D eigenvalue weighted by atomic mass is 16.1. The first-order valence-electron chi connectivity index (χ1n) is 3.86. The molecular formula is C10H9NO. The quantitative estimate of drug-likeness (QED) is 0.579. The minimum Gasteiger partial charge on any atom is -0.404 e. The van der Waals surface area contributed by atoms with Gasteiger partial charge in [0.25, 0.3) is 0 Å². The minimum atomic E-state index is 0.0769. The van der Waals surface area contributed by atoms with Crippen LogP contribution in [0, 0.1) is 0 Å². The molecule has 2 rings (SSSR count). The second kappa shape index (κ2) is 2.48. The summed E-state index contributed by atoms with van der Waals surface area (Å²) >= 11 is 0. The molecule has 1 aliphatic rings. The fourth-order valence-corrected chi connectivity index (χ4v) is 1.49. The average molecular weight is 159 g/mol. The Kier molecular flexibility index (Phi) is 1.47. The number of rotatable bonds is 0. The maximum Gasteiger partial charge on any atom is 0.191 e. The molecule has 0 saturated heterocycles. The highest BCUT2D eigenvalue weighted by molar-refractivity contribution is 6.12. The zero-order chi connectivity index (χ0) is 8.55. The van der Waals surface area contributed by atoms with Gasteiger partial charge < -0.3 is 5.73 Å². The second-order valence-electron chi connectivity index (χ2n) is 2.85. The maximum absolute atomic E-state index is 11.5. The van der Waals surface area contributed by atoms with Gasteiger partial charge in [0.05, 0.1) is 0 Å². The molecule has 12 heavy (non-hydrogen) atoms. The molecule has 0 amide bonds. The Labute approximate surface area is 70.7 Å². The van der Waals surface area contributed by atoms with Crippen LogP contribution in [0.1, 0.15) is 15.9 Å². The van der Waals surface area contributed by atoms with Gasteiger partial charge in [0.15, 0.2) is 5.78 Å². The van der Waals surface area contributed by atoms with E-state index >= 15 is 0 Å². The highest BCUT2D eigenvalue weighted by Crippen LogP contribution is 2.24. The molecule has 2 heteroatoms. The standard InChI is InChI=1S/C10H9NO/c11-6-8-5-7-3-1-2-4-9(7)10(8)12/h1-4,6H,5,11H2/b8-6-. The molecule has 2 N–H and O–H groups in total. The van der Waals surface area contributed by atoms with Gasteiger partial charge in [-0.1, -0.05) is 24.3 Å². The topological polar surface area (TPSA) is 43.1 Å². The first-order valence-corrected chi connectivity index (χ1v) is 3.86. The van der Waals surface area contributed by atoms with E-state index in [0.29, 0.717) is 12.0 Å². The van der Waals surface area contributed by atoms with Gasteiger partial charge in [0.1, 0.15) is 0 Å². The number of allylic oxidation sites excluding steroid dienone is 1. The van der Waals surface area contributed by atoms with Crippen molar-refractivity contribution in [3.63, 3.8) is 0 Å². The van der Waals surface area contributed by atoms with Crippen molar-refractivity contribution in [3.05, 3.63) is 47.2 Å². The molecular weight excluding hydrogens is 150 g/mol. The third-order valence-electron chi connectivity index (χ3n) is 2.14. The molecule has 0 fully saturated rings. The molecule has 0 unspecified atom stereocenters. The predicted molar refractivity (Wildman–Crippen MR) is 46.7 cm³/mol. The molecule has 0 aromatic heterocycles. The largest absolute Gasteiger partial charge is 0.404 e. The number of carbonyl (C=O) groups excluding carboxylic acids is 1. The molecule has 60 valence electrons. The summed E-state index contributed by atoms with van der Waals surface area (Å²) in [5, 5.41) is 0. The molecule has 0 saturated carbocycles. The Morgan fingerprint density at radius 1 is 1.33 bits per heavy atom. The van der Waals surface area contributed by atoms with Crippen molar-refractivity contribution in [2.45, 2.75) is 6.42 Å². The van der Waals surface area contributed by atoms with Gasteiger partial charge in [0, 0.05) is 23.8 Å². The van der Waals surface area contributed by atoms with E-state index in [1.165, 1.54) is 6.20 Å². The van der Waals surface area contributed by atoms with Crippen molar-refractivity contribution in [1.82, 2.24) is 0 Å². The number of benzene rings is 1. The summed E-state index contributed by atoms with van der Waals surface area (Å²) in [5.41, 5.74) is 7.91. The molecule has 0 radical (unpaired) electrons. The molecule has 2 nitrogen and oxygen atoms in total. The monoisotopic (exact) mass is 159 g/mol. The summed E-state index contributed by atoms with van der Waals surface area (Å²) in [6.45, 7) is 0. The third-order valence-corrected chi connectivity index (χ3v) is 2.14. The van der Waals surface area contributed by atoms with Crippen LogP contribution in [-0.2, 0) is 6.42 Å². The van der Waals surface area contributed by atoms with Crippen molar-refractivity contribution < 1.29 is 4.79 Å². The van der Waals surface area contributed by atoms with Crippen molar-refractivity contribution in [2.24, 2.45) is 5.73 Å². The summed E-state index contributed by atoms with van der Waals surface area (Å²) in [5.74, 6) is 0.0769. The molecule has 0 aliphatic heterocycles. The van der Waals surface area contributed by atoms with Crippen LogP contribution < -0.4 is 5.73 Å². The first-order chi connectivity index (χ1) is 5.83. The number of hydrogen-bond donors (Lipinski definition) is 1. The summed E-state index contributed by atoms with van der Waals surface area (Å²) in [4.78, 5) is 11.5. The van der Waals surface area contributed by atoms with Gasteiger partial charge in [-0.05, 0) is 5.56 Å². The van der Waals surface area contributed by atoms with E-state index in [4.69, 9.17) is 5.73 Å². The Hall–Kier alpha value is -1.57. The second-order valence-corrected chi connectivity index (χ2v) is 2.85. The molecule has 0 atom stereocenters. The van der Waals surface area contributed by atoms with Crippen LogP contribution in [0.2, 0.25) is 0 Å². The number of Topliss-reactive ketones (excluding diaryl/α,β-unsaturated/α-hetero) is 1. The number of fused-ring (bicyclic) bond motifs is 1. The van der Waals surface area contributed by atoms with Gasteiger partial charge in [-0.15, -0.1) is 0 Å². The van der Waals surface area contributed by atoms with Crippen LogP contribution in [0.4, 0.5) is 0 Å². The van der Waals surface area contributed by atoms with E-state index in [2.05, 4.69) is 0 Å². The minimum absolute atomic E-state index is 0.0769. The number of ketones is 1. The van der Waals surface area contributed by atoms with E-state index in [1.54, 1.807) is 0 Å². The fourth-order valence-electron chi connectivity index (χ4n) is 1.49. The van der Waals surface area contributed by atoms with Crippen molar-refractivity contribution in [2.75, 3.05) is 0 Å². The summed E-state index contributed by atoms with van der Waals surface area (Å²) in [7, 11) is 0. The van der Waals surface area contributed by atoms with Crippen molar-refractivity contribution in [3.8, 4) is 0 Å². The van der Waals surface area contributed by atoms with Crippen molar-refractivity contribution >= 4 is 5.78 Å². The molecule has 0 spiro atoms. The van der Waals surface area contributed by atoms with E-state index in [0.717, 1.165) is 11.1 Å². The maximum atomic E-state index is 11.5. The number of carbonyl (C=O) groups is 1. The van der Waals surface area contributed by atoms with Crippen LogP contribution in [0.3, 0.4) is 0 Å². The third kappa shape index (κ3) is 0.848. The van der Waals surface area contributed by atoms with Crippen LogP contribution in [0.15, 0.2) is 36.0 Å². The smallest absolute Gasteiger partial charge is 0.191 e. The van der Waals surface area contributed by atoms with Crippen LogP contribution in [0.25, 0.3) is 0 Å². The zero-order valence-electron chi connectivity index (χ0n) is 6.58. The van der Waals surface area contributed by atoms with Gasteiger partial charge in [-0.2, -0.15) is 0 Å². The Morgan fingerprint density at radius 2 is 2.08 bits per heavy atom. The average Bonchev–Trinajstić information content (AvgIpc) is 2.44. The molecule has 0 heterocycles. The van der Waals surface area contributed by atoms with Crippen LogP contribution >= 0.6 is 0 Å². The Morgan fingerprint density at radius 3 is 2.75 bits per heavy atom. The fraction of sp³-hybridized carbons (Fsp3) is 0.100.